The van der Waals surface area contributed by atoms with Crippen molar-refractivity contribution >= 4 is 12.1 Å². The van der Waals surface area contributed by atoms with Gasteiger partial charge in [0, 0.05) is 0 Å². The Morgan fingerprint density at radius 1 is 0.962 bits per heavy atom. The molecule has 7 nitrogen and oxygen atoms in total. The number of rotatable bonds is 12. The molecule has 26 heavy (non-hydrogen) atoms. The summed E-state index contributed by atoms with van der Waals surface area (Å²) in [6.45, 7) is 6.49. The molecule has 1 aromatic carbocycles. The van der Waals surface area contributed by atoms with Crippen molar-refractivity contribution in [3.8, 4) is 5.75 Å². The third kappa shape index (κ3) is 9.27. The van der Waals surface area contributed by atoms with Crippen molar-refractivity contribution in [2.75, 3.05) is 6.61 Å². The summed E-state index contributed by atoms with van der Waals surface area (Å²) in [6, 6.07) is 6.32. The normalized spacial score (nSPS) is 11.5. The van der Waals surface area contributed by atoms with Crippen molar-refractivity contribution in [2.24, 2.45) is 0 Å². The van der Waals surface area contributed by atoms with Gasteiger partial charge < -0.3 is 9.47 Å². The van der Waals surface area contributed by atoms with E-state index in [-0.39, 0.29) is 11.7 Å². The second-order valence-corrected chi connectivity index (χ2v) is 5.92. The smallest absolute Gasteiger partial charge is 0.494 e. The highest BCUT2D eigenvalue weighted by Crippen LogP contribution is 2.13. The molecule has 0 fully saturated rings. The SMILES string of the molecule is CCCCCCC(C)OC(=O)OOOC(=O)c1ccc(OCCC)cc1. The summed E-state index contributed by atoms with van der Waals surface area (Å²) in [7, 11) is 0. The van der Waals surface area contributed by atoms with E-state index in [9.17, 15) is 9.59 Å². The zero-order valence-corrected chi connectivity index (χ0v) is 15.7. The van der Waals surface area contributed by atoms with Crippen molar-refractivity contribution in [3.63, 3.8) is 0 Å². The quantitative estimate of drug-likeness (QED) is 0.222. The number of ether oxygens (including phenoxy) is 2. The molecule has 0 aliphatic carbocycles. The minimum Gasteiger partial charge on any atom is -0.494 e. The van der Waals surface area contributed by atoms with E-state index in [0.29, 0.717) is 12.4 Å². The summed E-state index contributed by atoms with van der Waals surface area (Å²) in [5.74, 6) is -0.149. The molecule has 0 radical (unpaired) electrons. The fourth-order valence-electron chi connectivity index (χ4n) is 2.13. The van der Waals surface area contributed by atoms with Gasteiger partial charge in [-0.05, 0) is 50.5 Å². The summed E-state index contributed by atoms with van der Waals surface area (Å²) in [4.78, 5) is 31.9. The third-order valence-electron chi connectivity index (χ3n) is 3.54. The molecule has 0 N–H and O–H groups in total. The Balaban J connectivity index is 2.22. The summed E-state index contributed by atoms with van der Waals surface area (Å²) in [5.41, 5.74) is 0.232. The van der Waals surface area contributed by atoms with Crippen LogP contribution in [0.15, 0.2) is 24.3 Å². The average Bonchev–Trinajstić information content (AvgIpc) is 2.64. The highest BCUT2D eigenvalue weighted by atomic mass is 17.5. The van der Waals surface area contributed by atoms with Crippen molar-refractivity contribution in [1.82, 2.24) is 0 Å². The Morgan fingerprint density at radius 2 is 1.69 bits per heavy atom. The largest absolute Gasteiger partial charge is 0.543 e. The molecular weight excluding hydrogens is 340 g/mol. The molecule has 0 aliphatic rings. The van der Waals surface area contributed by atoms with Crippen LogP contribution in [0, 0.1) is 0 Å². The van der Waals surface area contributed by atoms with Gasteiger partial charge in [-0.3, -0.25) is 4.89 Å². The first-order chi connectivity index (χ1) is 12.6. The van der Waals surface area contributed by atoms with Gasteiger partial charge in [-0.1, -0.05) is 33.1 Å². The number of carbonyl (C=O) groups excluding carboxylic acids is 2. The van der Waals surface area contributed by atoms with E-state index in [0.717, 1.165) is 38.5 Å². The van der Waals surface area contributed by atoms with E-state index in [1.807, 2.05) is 6.92 Å². The molecule has 0 aromatic heterocycles. The molecule has 0 bridgehead atoms. The van der Waals surface area contributed by atoms with Gasteiger partial charge in [0.1, 0.15) is 11.9 Å². The molecule has 0 amide bonds. The maximum atomic E-state index is 11.8. The highest BCUT2D eigenvalue weighted by Gasteiger charge is 2.15. The van der Waals surface area contributed by atoms with E-state index < -0.39 is 12.1 Å². The first kappa shape index (κ1) is 21.8. The fourth-order valence-corrected chi connectivity index (χ4v) is 2.13. The summed E-state index contributed by atoms with van der Waals surface area (Å²) >= 11 is 0. The van der Waals surface area contributed by atoms with E-state index in [1.165, 1.54) is 12.1 Å². The lowest BCUT2D eigenvalue weighted by Crippen LogP contribution is -2.17. The molecule has 0 spiro atoms. The summed E-state index contributed by atoms with van der Waals surface area (Å²) in [5, 5.41) is 4.20. The highest BCUT2D eigenvalue weighted by molar-refractivity contribution is 5.89. The molecule has 146 valence electrons. The van der Waals surface area contributed by atoms with Gasteiger partial charge in [0.15, 0.2) is 0 Å². The molecule has 7 heteroatoms. The van der Waals surface area contributed by atoms with Crippen LogP contribution in [-0.4, -0.2) is 24.8 Å². The standard InChI is InChI=1S/C19H28O7/c1-4-6-7-8-9-15(3)23-19(21)25-26-24-18(20)16-10-12-17(13-11-16)22-14-5-2/h10-13,15H,4-9,14H2,1-3H3. The fraction of sp³-hybridized carbons (Fsp3) is 0.579. The Labute approximate surface area is 154 Å². The lowest BCUT2D eigenvalue weighted by atomic mass is 10.1. The van der Waals surface area contributed by atoms with Gasteiger partial charge in [-0.25, -0.2) is 14.5 Å². The Morgan fingerprint density at radius 3 is 2.35 bits per heavy atom. The molecular formula is C19H28O7. The van der Waals surface area contributed by atoms with Gasteiger partial charge in [-0.2, -0.15) is 0 Å². The van der Waals surface area contributed by atoms with Crippen LogP contribution >= 0.6 is 0 Å². The first-order valence-corrected chi connectivity index (χ1v) is 9.05. The zero-order chi connectivity index (χ0) is 19.2. The van der Waals surface area contributed by atoms with Crippen LogP contribution in [-0.2, 0) is 19.6 Å². The van der Waals surface area contributed by atoms with Crippen LogP contribution in [0.3, 0.4) is 0 Å². The van der Waals surface area contributed by atoms with Gasteiger partial charge in [0.05, 0.1) is 17.2 Å². The Hall–Kier alpha value is -2.28. The third-order valence-corrected chi connectivity index (χ3v) is 3.54. The zero-order valence-electron chi connectivity index (χ0n) is 15.7. The monoisotopic (exact) mass is 368 g/mol. The van der Waals surface area contributed by atoms with Crippen LogP contribution in [0.4, 0.5) is 4.79 Å². The maximum absolute atomic E-state index is 11.8. The molecule has 1 atom stereocenters. The summed E-state index contributed by atoms with van der Waals surface area (Å²) < 4.78 is 10.4. The van der Waals surface area contributed by atoms with Crippen LogP contribution in [0.25, 0.3) is 0 Å². The minimum absolute atomic E-state index is 0.232. The molecule has 1 unspecified atom stereocenters. The lowest BCUT2D eigenvalue weighted by molar-refractivity contribution is -0.452. The average molecular weight is 368 g/mol. The van der Waals surface area contributed by atoms with E-state index >= 15 is 0 Å². The number of benzene rings is 1. The lowest BCUT2D eigenvalue weighted by Gasteiger charge is -2.11. The van der Waals surface area contributed by atoms with Crippen LogP contribution in [0.1, 0.15) is 69.7 Å². The topological polar surface area (TPSA) is 80.3 Å². The van der Waals surface area contributed by atoms with Gasteiger partial charge >= 0.3 is 12.1 Å². The minimum atomic E-state index is -1.05. The second kappa shape index (κ2) is 13.0. The van der Waals surface area contributed by atoms with Gasteiger partial charge in [0.25, 0.3) is 0 Å². The van der Waals surface area contributed by atoms with Crippen LogP contribution in [0.5, 0.6) is 5.75 Å². The van der Waals surface area contributed by atoms with Crippen molar-refractivity contribution in [1.29, 1.82) is 0 Å². The van der Waals surface area contributed by atoms with Gasteiger partial charge in [0.2, 0.25) is 0 Å². The van der Waals surface area contributed by atoms with Gasteiger partial charge in [-0.15, -0.1) is 0 Å². The van der Waals surface area contributed by atoms with Crippen molar-refractivity contribution < 1.29 is 33.9 Å². The molecule has 1 aromatic rings. The van der Waals surface area contributed by atoms with Crippen molar-refractivity contribution in [3.05, 3.63) is 29.8 Å². The van der Waals surface area contributed by atoms with Crippen LogP contribution in [0.2, 0.25) is 0 Å². The second-order valence-electron chi connectivity index (χ2n) is 5.92. The number of carbonyl (C=O) groups is 2. The van der Waals surface area contributed by atoms with Crippen molar-refractivity contribution in [2.45, 2.75) is 65.4 Å². The Kier molecular flexibility index (Phi) is 10.9. The molecule has 1 rings (SSSR count). The Bertz CT molecular complexity index is 527. The number of unbranched alkanes of at least 4 members (excludes halogenated alkanes) is 3. The predicted molar refractivity (Wildman–Crippen MR) is 94.5 cm³/mol. The van der Waals surface area contributed by atoms with E-state index in [2.05, 4.69) is 21.7 Å². The molecule has 0 saturated carbocycles. The van der Waals surface area contributed by atoms with E-state index in [1.54, 1.807) is 19.1 Å². The maximum Gasteiger partial charge on any atom is 0.543 e. The molecule has 0 aliphatic heterocycles. The number of hydrogen-bond acceptors (Lipinski definition) is 7. The first-order valence-electron chi connectivity index (χ1n) is 9.05. The van der Waals surface area contributed by atoms with E-state index in [4.69, 9.17) is 9.47 Å². The van der Waals surface area contributed by atoms with Crippen LogP contribution < -0.4 is 4.74 Å². The predicted octanol–water partition coefficient (Wildman–Crippen LogP) is 4.99. The number of hydrogen-bond donors (Lipinski definition) is 0. The molecule has 0 saturated heterocycles. The summed E-state index contributed by atoms with van der Waals surface area (Å²) in [6.07, 6.45) is 4.64. The molecule has 0 heterocycles.